The first-order valence-electron chi connectivity index (χ1n) is 9.72. The van der Waals surface area contributed by atoms with Gasteiger partial charge in [0.25, 0.3) is 0 Å². The molecule has 3 rings (SSSR count). The van der Waals surface area contributed by atoms with Crippen LogP contribution in [0.25, 0.3) is 0 Å². The monoisotopic (exact) mass is 456 g/mol. The molecular weight excluding hydrogens is 433 g/mol. The molecule has 2 aromatic rings. The van der Waals surface area contributed by atoms with Crippen LogP contribution in [0.15, 0.2) is 35.7 Å². The summed E-state index contributed by atoms with van der Waals surface area (Å²) >= 11 is 1.10. The number of hydrogen-bond donors (Lipinski definition) is 1. The summed E-state index contributed by atoms with van der Waals surface area (Å²) in [7, 11) is 2.67. The molecule has 0 bridgehead atoms. The molecule has 1 aliphatic carbocycles. The molecule has 1 aliphatic rings. The zero-order valence-electron chi connectivity index (χ0n) is 17.1. The van der Waals surface area contributed by atoms with Gasteiger partial charge in [-0.05, 0) is 36.4 Å². The molecule has 1 saturated carbocycles. The number of rotatable bonds is 7. The molecular formula is C21H23F3N2O4S. The first-order valence-corrected chi connectivity index (χ1v) is 10.6. The van der Waals surface area contributed by atoms with E-state index in [1.165, 1.54) is 38.5 Å². The molecule has 1 fully saturated rings. The quantitative estimate of drug-likeness (QED) is 0.668. The molecule has 1 aromatic carbocycles. The summed E-state index contributed by atoms with van der Waals surface area (Å²) in [4.78, 5) is 26.6. The van der Waals surface area contributed by atoms with Crippen molar-refractivity contribution >= 4 is 28.8 Å². The Balaban J connectivity index is 2.12. The van der Waals surface area contributed by atoms with Crippen molar-refractivity contribution in [1.29, 1.82) is 0 Å². The first-order chi connectivity index (χ1) is 14.8. The molecule has 0 radical (unpaired) electrons. The van der Waals surface area contributed by atoms with Crippen molar-refractivity contribution in [3.8, 4) is 11.5 Å². The fourth-order valence-corrected chi connectivity index (χ4v) is 4.47. The van der Waals surface area contributed by atoms with Gasteiger partial charge in [0.1, 0.15) is 11.5 Å². The Hall–Kier alpha value is -2.75. The van der Waals surface area contributed by atoms with E-state index in [1.807, 2.05) is 0 Å². The number of thiophene rings is 1. The third kappa shape index (κ3) is 5.12. The molecule has 0 unspecified atom stereocenters. The van der Waals surface area contributed by atoms with Crippen LogP contribution in [0.3, 0.4) is 0 Å². The zero-order valence-corrected chi connectivity index (χ0v) is 17.9. The van der Waals surface area contributed by atoms with Crippen LogP contribution in [0.4, 0.5) is 18.9 Å². The molecule has 0 spiro atoms. The largest absolute Gasteiger partial charge is 0.497 e. The number of hydrogen-bond acceptors (Lipinski definition) is 5. The highest BCUT2D eigenvalue weighted by Crippen LogP contribution is 2.40. The van der Waals surface area contributed by atoms with Crippen LogP contribution in [-0.4, -0.2) is 38.3 Å². The Labute approximate surface area is 181 Å². The minimum atomic E-state index is -5.20. The fourth-order valence-electron chi connectivity index (χ4n) is 3.66. The third-order valence-electron chi connectivity index (χ3n) is 5.13. The summed E-state index contributed by atoms with van der Waals surface area (Å²) in [6.45, 7) is 0. The Morgan fingerprint density at radius 3 is 2.42 bits per heavy atom. The number of nitrogens with one attached hydrogen (secondary N) is 1. The second-order valence-electron chi connectivity index (χ2n) is 7.12. The molecule has 31 heavy (non-hydrogen) atoms. The maximum absolute atomic E-state index is 13.7. The summed E-state index contributed by atoms with van der Waals surface area (Å²) in [5.74, 6) is -2.50. The lowest BCUT2D eigenvalue weighted by Gasteiger charge is -2.32. The second kappa shape index (κ2) is 9.59. The Morgan fingerprint density at radius 1 is 1.16 bits per heavy atom. The number of carbonyl (C=O) groups is 2. The van der Waals surface area contributed by atoms with Gasteiger partial charge in [0.15, 0.2) is 6.04 Å². The maximum Gasteiger partial charge on any atom is 0.471 e. The van der Waals surface area contributed by atoms with Gasteiger partial charge in [-0.1, -0.05) is 18.9 Å². The van der Waals surface area contributed by atoms with Crippen molar-refractivity contribution in [2.75, 3.05) is 19.1 Å². The number of nitrogens with zero attached hydrogens (tertiary/aromatic N) is 1. The van der Waals surface area contributed by atoms with Gasteiger partial charge in [0.2, 0.25) is 5.91 Å². The Kier molecular flexibility index (Phi) is 7.09. The van der Waals surface area contributed by atoms with E-state index in [0.717, 1.165) is 37.0 Å². The number of methoxy groups -OCH3 is 2. The highest BCUT2D eigenvalue weighted by molar-refractivity contribution is 7.10. The van der Waals surface area contributed by atoms with Crippen molar-refractivity contribution in [2.24, 2.45) is 0 Å². The summed E-state index contributed by atoms with van der Waals surface area (Å²) in [5.41, 5.74) is -0.175. The van der Waals surface area contributed by atoms with Crippen LogP contribution in [-0.2, 0) is 9.59 Å². The lowest BCUT2D eigenvalue weighted by atomic mass is 10.1. The number of carbonyl (C=O) groups excluding carboxylic acids is 2. The predicted octanol–water partition coefficient (Wildman–Crippen LogP) is 4.46. The van der Waals surface area contributed by atoms with E-state index in [-0.39, 0.29) is 17.5 Å². The van der Waals surface area contributed by atoms with E-state index >= 15 is 0 Å². The van der Waals surface area contributed by atoms with Gasteiger partial charge >= 0.3 is 12.1 Å². The van der Waals surface area contributed by atoms with E-state index in [4.69, 9.17) is 9.47 Å². The molecule has 1 atom stereocenters. The summed E-state index contributed by atoms with van der Waals surface area (Å²) < 4.78 is 51.3. The molecule has 2 amide bonds. The Morgan fingerprint density at radius 2 is 1.87 bits per heavy atom. The van der Waals surface area contributed by atoms with Crippen LogP contribution < -0.4 is 19.7 Å². The van der Waals surface area contributed by atoms with Crippen molar-refractivity contribution < 1.29 is 32.2 Å². The van der Waals surface area contributed by atoms with Gasteiger partial charge < -0.3 is 14.8 Å². The van der Waals surface area contributed by atoms with Crippen LogP contribution in [0.2, 0.25) is 0 Å². The number of halogens is 3. The summed E-state index contributed by atoms with van der Waals surface area (Å²) in [5, 5.41) is 4.47. The first kappa shape index (κ1) is 22.9. The molecule has 1 aromatic heterocycles. The Bertz CT molecular complexity index is 912. The van der Waals surface area contributed by atoms with Gasteiger partial charge in [-0.3, -0.25) is 14.5 Å². The van der Waals surface area contributed by atoms with Crippen LogP contribution in [0, 0.1) is 0 Å². The van der Waals surface area contributed by atoms with E-state index in [9.17, 15) is 22.8 Å². The number of benzene rings is 1. The third-order valence-corrected chi connectivity index (χ3v) is 6.05. The zero-order chi connectivity index (χ0) is 22.6. The van der Waals surface area contributed by atoms with Crippen LogP contribution in [0.1, 0.15) is 36.6 Å². The lowest BCUT2D eigenvalue weighted by molar-refractivity contribution is -0.171. The number of ether oxygens (including phenoxy) is 2. The maximum atomic E-state index is 13.7. The minimum absolute atomic E-state index is 0.0211. The standard InChI is InChI=1S/C21H23F3N2O4S/c1-29-14-9-10-15(16(12-14)30-2)26(20(28)21(22,23)24)18(17-8-5-11-31-17)19(27)25-13-6-3-4-7-13/h5,8-13,18H,3-4,6-7H2,1-2H3,(H,25,27)/t18-/m1/s1. The molecule has 1 N–H and O–H groups in total. The SMILES string of the molecule is COc1ccc(N(C(=O)C(F)(F)F)[C@@H](C(=O)NC2CCCC2)c2cccs2)c(OC)c1. The van der Waals surface area contributed by atoms with Crippen LogP contribution >= 0.6 is 11.3 Å². The van der Waals surface area contributed by atoms with Crippen LogP contribution in [0.5, 0.6) is 11.5 Å². The number of alkyl halides is 3. The predicted molar refractivity (Wildman–Crippen MR) is 111 cm³/mol. The van der Waals surface area contributed by atoms with E-state index in [2.05, 4.69) is 5.32 Å². The van der Waals surface area contributed by atoms with Gasteiger partial charge in [-0.25, -0.2) is 0 Å². The van der Waals surface area contributed by atoms with Crippen molar-refractivity contribution in [2.45, 2.75) is 43.9 Å². The van der Waals surface area contributed by atoms with Crippen molar-refractivity contribution in [3.05, 3.63) is 40.6 Å². The second-order valence-corrected chi connectivity index (χ2v) is 8.10. The average molecular weight is 456 g/mol. The summed E-state index contributed by atoms with van der Waals surface area (Å²) in [6, 6.07) is 5.59. The average Bonchev–Trinajstić information content (AvgIpc) is 3.44. The minimum Gasteiger partial charge on any atom is -0.497 e. The van der Waals surface area contributed by atoms with E-state index < -0.39 is 24.0 Å². The van der Waals surface area contributed by atoms with Crippen molar-refractivity contribution in [1.82, 2.24) is 5.32 Å². The molecule has 10 heteroatoms. The number of amides is 2. The topological polar surface area (TPSA) is 67.9 Å². The molecule has 168 valence electrons. The lowest BCUT2D eigenvalue weighted by Crippen LogP contribution is -2.50. The van der Waals surface area contributed by atoms with Gasteiger partial charge in [-0.15, -0.1) is 11.3 Å². The van der Waals surface area contributed by atoms with Crippen molar-refractivity contribution in [3.63, 3.8) is 0 Å². The smallest absolute Gasteiger partial charge is 0.471 e. The fraction of sp³-hybridized carbons (Fsp3) is 0.429. The molecule has 1 heterocycles. The molecule has 0 saturated heterocycles. The number of anilines is 1. The highest BCUT2D eigenvalue weighted by Gasteiger charge is 2.48. The summed E-state index contributed by atoms with van der Waals surface area (Å²) in [6.07, 6.45) is -1.82. The molecule has 6 nitrogen and oxygen atoms in total. The van der Waals surface area contributed by atoms with E-state index in [0.29, 0.717) is 15.5 Å². The van der Waals surface area contributed by atoms with Gasteiger partial charge in [-0.2, -0.15) is 13.2 Å². The normalized spacial score (nSPS) is 15.4. The van der Waals surface area contributed by atoms with Gasteiger partial charge in [0, 0.05) is 17.0 Å². The van der Waals surface area contributed by atoms with E-state index in [1.54, 1.807) is 11.4 Å². The highest BCUT2D eigenvalue weighted by atomic mass is 32.1. The molecule has 0 aliphatic heterocycles. The van der Waals surface area contributed by atoms with Gasteiger partial charge in [0.05, 0.1) is 19.9 Å².